The second-order valence-corrected chi connectivity index (χ2v) is 9.73. The second kappa shape index (κ2) is 7.65. The van der Waals surface area contributed by atoms with Gasteiger partial charge in [-0.05, 0) is 23.7 Å². The molecule has 0 aromatic heterocycles. The van der Waals surface area contributed by atoms with Crippen molar-refractivity contribution in [3.05, 3.63) is 0 Å². The molecule has 0 saturated carbocycles. The van der Waals surface area contributed by atoms with Gasteiger partial charge in [-0.3, -0.25) is 4.79 Å². The molecule has 1 amide bonds. The van der Waals surface area contributed by atoms with E-state index in [0.717, 1.165) is 19.4 Å². The quantitative estimate of drug-likeness (QED) is 0.567. The average molecular weight is 298 g/mol. The van der Waals surface area contributed by atoms with Gasteiger partial charge in [0.15, 0.2) is 0 Å². The maximum atomic E-state index is 12.6. The number of rotatable bonds is 7. The Morgan fingerprint density at radius 2 is 1.24 bits per heavy atom. The largest absolute Gasteiger partial charge is 0.345 e. The highest BCUT2D eigenvalue weighted by Crippen LogP contribution is 2.29. The molecule has 0 atom stereocenters. The van der Waals surface area contributed by atoms with Crippen LogP contribution in [0.15, 0.2) is 0 Å². The molecule has 2 heteroatoms. The predicted molar refractivity (Wildman–Crippen MR) is 93.4 cm³/mol. The van der Waals surface area contributed by atoms with Crippen LogP contribution in [0.5, 0.6) is 0 Å². The molecule has 0 aromatic rings. The van der Waals surface area contributed by atoms with Crippen LogP contribution in [0.4, 0.5) is 0 Å². The summed E-state index contributed by atoms with van der Waals surface area (Å²) in [6, 6.07) is 0. The van der Waals surface area contributed by atoms with E-state index < -0.39 is 0 Å². The highest BCUT2D eigenvalue weighted by Gasteiger charge is 2.31. The minimum atomic E-state index is -0.234. The molecule has 0 saturated heterocycles. The third kappa shape index (κ3) is 9.92. The summed E-state index contributed by atoms with van der Waals surface area (Å²) in [6.45, 7) is 18.4. The minimum absolute atomic E-state index is 0.160. The standard InChI is InChI=1S/C19H39NO/c1-17(2,3)13-11-10-12-14-19(7,8)16(21)20(9)15-18(4,5)6/h10-15H2,1-9H3. The van der Waals surface area contributed by atoms with Crippen molar-refractivity contribution in [2.24, 2.45) is 16.2 Å². The van der Waals surface area contributed by atoms with Gasteiger partial charge in [-0.25, -0.2) is 0 Å². The Morgan fingerprint density at radius 1 is 0.762 bits per heavy atom. The van der Waals surface area contributed by atoms with Gasteiger partial charge in [0.2, 0.25) is 5.91 Å². The van der Waals surface area contributed by atoms with E-state index in [-0.39, 0.29) is 16.7 Å². The number of carbonyl (C=O) groups is 1. The highest BCUT2D eigenvalue weighted by molar-refractivity contribution is 5.81. The fourth-order valence-corrected chi connectivity index (χ4v) is 2.81. The van der Waals surface area contributed by atoms with Crippen LogP contribution in [-0.4, -0.2) is 24.4 Å². The maximum absolute atomic E-state index is 12.6. The first-order chi connectivity index (χ1) is 9.25. The molecule has 0 N–H and O–H groups in total. The molecule has 0 aliphatic carbocycles. The fourth-order valence-electron chi connectivity index (χ4n) is 2.81. The van der Waals surface area contributed by atoms with Gasteiger partial charge in [0.25, 0.3) is 0 Å². The molecule has 0 spiro atoms. The zero-order valence-corrected chi connectivity index (χ0v) is 16.1. The van der Waals surface area contributed by atoms with E-state index in [1.165, 1.54) is 19.3 Å². The van der Waals surface area contributed by atoms with E-state index in [9.17, 15) is 4.79 Å². The minimum Gasteiger partial charge on any atom is -0.345 e. The molecule has 0 unspecified atom stereocenters. The summed E-state index contributed by atoms with van der Waals surface area (Å²) >= 11 is 0. The molecular formula is C19H39NO. The van der Waals surface area contributed by atoms with Crippen molar-refractivity contribution in [3.8, 4) is 0 Å². The van der Waals surface area contributed by atoms with E-state index in [0.29, 0.717) is 5.41 Å². The number of nitrogens with zero attached hydrogens (tertiary/aromatic N) is 1. The molecule has 0 aromatic carbocycles. The van der Waals surface area contributed by atoms with Crippen LogP contribution in [-0.2, 0) is 4.79 Å². The monoisotopic (exact) mass is 297 g/mol. The number of hydrogen-bond donors (Lipinski definition) is 0. The van der Waals surface area contributed by atoms with Crippen LogP contribution < -0.4 is 0 Å². The topological polar surface area (TPSA) is 20.3 Å². The van der Waals surface area contributed by atoms with Gasteiger partial charge in [0.1, 0.15) is 0 Å². The molecule has 0 heterocycles. The lowest BCUT2D eigenvalue weighted by Crippen LogP contribution is -2.42. The van der Waals surface area contributed by atoms with Crippen molar-refractivity contribution in [1.82, 2.24) is 4.90 Å². The van der Waals surface area contributed by atoms with Crippen molar-refractivity contribution < 1.29 is 4.79 Å². The van der Waals surface area contributed by atoms with Crippen LogP contribution in [0.1, 0.15) is 87.5 Å². The molecule has 0 fully saturated rings. The van der Waals surface area contributed by atoms with Gasteiger partial charge in [-0.15, -0.1) is 0 Å². The molecule has 0 aliphatic rings. The van der Waals surface area contributed by atoms with Gasteiger partial charge in [-0.1, -0.05) is 74.7 Å². The van der Waals surface area contributed by atoms with E-state index in [1.54, 1.807) is 0 Å². The fraction of sp³-hybridized carbons (Fsp3) is 0.947. The lowest BCUT2D eigenvalue weighted by Gasteiger charge is -2.33. The lowest BCUT2D eigenvalue weighted by atomic mass is 9.83. The van der Waals surface area contributed by atoms with E-state index >= 15 is 0 Å². The Hall–Kier alpha value is -0.530. The van der Waals surface area contributed by atoms with E-state index in [4.69, 9.17) is 0 Å². The maximum Gasteiger partial charge on any atom is 0.227 e. The second-order valence-electron chi connectivity index (χ2n) is 9.73. The van der Waals surface area contributed by atoms with E-state index in [1.807, 2.05) is 11.9 Å². The first kappa shape index (κ1) is 20.5. The van der Waals surface area contributed by atoms with Crippen molar-refractivity contribution in [2.45, 2.75) is 87.5 Å². The van der Waals surface area contributed by atoms with Crippen LogP contribution in [0.2, 0.25) is 0 Å². The smallest absolute Gasteiger partial charge is 0.227 e. The molecular weight excluding hydrogens is 258 g/mol. The highest BCUT2D eigenvalue weighted by atomic mass is 16.2. The molecule has 126 valence electrons. The molecule has 0 rings (SSSR count). The third-order valence-corrected chi connectivity index (χ3v) is 3.87. The molecule has 0 radical (unpaired) electrons. The van der Waals surface area contributed by atoms with Crippen LogP contribution in [0.3, 0.4) is 0 Å². The number of unbranched alkanes of at least 4 members (excludes halogenated alkanes) is 2. The predicted octanol–water partition coefficient (Wildman–Crippen LogP) is 5.51. The summed E-state index contributed by atoms with van der Waals surface area (Å²) in [5.74, 6) is 0.285. The summed E-state index contributed by atoms with van der Waals surface area (Å²) in [6.07, 6.45) is 5.91. The first-order valence-corrected chi connectivity index (χ1v) is 8.50. The van der Waals surface area contributed by atoms with Gasteiger partial charge in [-0.2, -0.15) is 0 Å². The van der Waals surface area contributed by atoms with Crippen molar-refractivity contribution in [2.75, 3.05) is 13.6 Å². The van der Waals surface area contributed by atoms with Crippen LogP contribution in [0, 0.1) is 16.2 Å². The Bertz CT molecular complexity index is 317. The SMILES string of the molecule is CN(CC(C)(C)C)C(=O)C(C)(C)CCCCCC(C)(C)C. The van der Waals surface area contributed by atoms with Crippen LogP contribution in [0.25, 0.3) is 0 Å². The zero-order chi connectivity index (χ0) is 16.9. The van der Waals surface area contributed by atoms with E-state index in [2.05, 4.69) is 55.4 Å². The van der Waals surface area contributed by atoms with Crippen molar-refractivity contribution in [1.29, 1.82) is 0 Å². The van der Waals surface area contributed by atoms with Gasteiger partial charge < -0.3 is 4.90 Å². The summed E-state index contributed by atoms with van der Waals surface area (Å²) < 4.78 is 0. The lowest BCUT2D eigenvalue weighted by molar-refractivity contribution is -0.140. The normalized spacial score (nSPS) is 13.4. The summed E-state index contributed by atoms with van der Waals surface area (Å²) in [5.41, 5.74) is 0.354. The molecule has 0 bridgehead atoms. The Labute approximate surface area is 133 Å². The number of amides is 1. The summed E-state index contributed by atoms with van der Waals surface area (Å²) in [4.78, 5) is 14.5. The first-order valence-electron chi connectivity index (χ1n) is 8.50. The van der Waals surface area contributed by atoms with Gasteiger partial charge in [0.05, 0.1) is 0 Å². The van der Waals surface area contributed by atoms with Gasteiger partial charge in [0, 0.05) is 19.0 Å². The molecule has 2 nitrogen and oxygen atoms in total. The van der Waals surface area contributed by atoms with Crippen LogP contribution >= 0.6 is 0 Å². The Morgan fingerprint density at radius 3 is 1.67 bits per heavy atom. The number of hydrogen-bond acceptors (Lipinski definition) is 1. The Kier molecular flexibility index (Phi) is 7.45. The summed E-state index contributed by atoms with van der Waals surface area (Å²) in [7, 11) is 1.94. The Balaban J connectivity index is 4.20. The van der Waals surface area contributed by atoms with Gasteiger partial charge >= 0.3 is 0 Å². The number of carbonyl (C=O) groups excluding carboxylic acids is 1. The third-order valence-electron chi connectivity index (χ3n) is 3.87. The molecule has 0 aliphatic heterocycles. The summed E-state index contributed by atoms with van der Waals surface area (Å²) in [5, 5.41) is 0. The van der Waals surface area contributed by atoms with Crippen molar-refractivity contribution >= 4 is 5.91 Å². The average Bonchev–Trinajstić information content (AvgIpc) is 2.23. The van der Waals surface area contributed by atoms with Crippen molar-refractivity contribution in [3.63, 3.8) is 0 Å². The zero-order valence-electron chi connectivity index (χ0n) is 16.1. The molecule has 21 heavy (non-hydrogen) atoms.